The van der Waals surface area contributed by atoms with Crippen molar-refractivity contribution in [3.05, 3.63) is 66.0 Å². The molecule has 2 heterocycles. The monoisotopic (exact) mass is 322 g/mol. The van der Waals surface area contributed by atoms with Gasteiger partial charge >= 0.3 is 0 Å². The first-order valence-electron chi connectivity index (χ1n) is 7.54. The molecule has 0 saturated heterocycles. The van der Waals surface area contributed by atoms with Crippen molar-refractivity contribution in [1.29, 1.82) is 0 Å². The topological polar surface area (TPSA) is 84.7 Å². The van der Waals surface area contributed by atoms with Crippen molar-refractivity contribution in [2.24, 2.45) is 0 Å². The molecule has 24 heavy (non-hydrogen) atoms. The summed E-state index contributed by atoms with van der Waals surface area (Å²) in [6, 6.07) is 9.58. The lowest BCUT2D eigenvalue weighted by molar-refractivity contribution is 0.0945. The highest BCUT2D eigenvalue weighted by molar-refractivity contribution is 5.92. The van der Waals surface area contributed by atoms with E-state index in [1.165, 1.54) is 0 Å². The average molecular weight is 322 g/mol. The fraction of sp³-hybridized carbons (Fsp3) is 0.176. The van der Waals surface area contributed by atoms with Crippen molar-refractivity contribution in [2.45, 2.75) is 13.5 Å². The van der Waals surface area contributed by atoms with Crippen LogP contribution in [-0.4, -0.2) is 32.5 Å². The third-order valence-corrected chi connectivity index (χ3v) is 3.50. The lowest BCUT2D eigenvalue weighted by Crippen LogP contribution is -2.24. The van der Waals surface area contributed by atoms with Crippen LogP contribution in [0.3, 0.4) is 0 Å². The van der Waals surface area contributed by atoms with Gasteiger partial charge in [0.1, 0.15) is 5.69 Å². The molecular formula is C17H18N6O. The van der Waals surface area contributed by atoms with Crippen molar-refractivity contribution >= 4 is 11.9 Å². The number of hydrogen-bond donors (Lipinski definition) is 2. The Labute approximate surface area is 139 Å². The van der Waals surface area contributed by atoms with Gasteiger partial charge in [-0.15, -0.1) is 0 Å². The fourth-order valence-corrected chi connectivity index (χ4v) is 2.27. The van der Waals surface area contributed by atoms with Gasteiger partial charge in [0.15, 0.2) is 0 Å². The summed E-state index contributed by atoms with van der Waals surface area (Å²) in [5.41, 5.74) is 3.12. The second kappa shape index (κ2) is 6.91. The van der Waals surface area contributed by atoms with Crippen molar-refractivity contribution in [3.63, 3.8) is 0 Å². The van der Waals surface area contributed by atoms with E-state index in [9.17, 15) is 4.79 Å². The summed E-state index contributed by atoms with van der Waals surface area (Å²) in [6.07, 6.45) is 5.36. The van der Waals surface area contributed by atoms with Gasteiger partial charge in [-0.2, -0.15) is 0 Å². The van der Waals surface area contributed by atoms with Crippen LogP contribution in [0, 0.1) is 6.92 Å². The number of imidazole rings is 1. The number of hydrogen-bond acceptors (Lipinski definition) is 5. The van der Waals surface area contributed by atoms with E-state index >= 15 is 0 Å². The molecule has 0 atom stereocenters. The molecule has 1 aromatic carbocycles. The zero-order valence-electron chi connectivity index (χ0n) is 13.5. The van der Waals surface area contributed by atoms with E-state index in [1.807, 2.05) is 42.0 Å². The molecule has 0 radical (unpaired) electrons. The predicted octanol–water partition coefficient (Wildman–Crippen LogP) is 1.94. The van der Waals surface area contributed by atoms with E-state index in [2.05, 4.69) is 25.6 Å². The summed E-state index contributed by atoms with van der Waals surface area (Å²) >= 11 is 0. The Balaban J connectivity index is 1.65. The lowest BCUT2D eigenvalue weighted by atomic mass is 10.2. The molecule has 2 aromatic heterocycles. The second-order valence-corrected chi connectivity index (χ2v) is 5.29. The fourth-order valence-electron chi connectivity index (χ4n) is 2.27. The van der Waals surface area contributed by atoms with E-state index in [0.717, 1.165) is 16.9 Å². The molecule has 0 spiro atoms. The maximum absolute atomic E-state index is 12.3. The lowest BCUT2D eigenvalue weighted by Gasteiger charge is -2.08. The molecule has 0 unspecified atom stereocenters. The van der Waals surface area contributed by atoms with Gasteiger partial charge in [0, 0.05) is 37.4 Å². The first-order chi connectivity index (χ1) is 11.7. The third-order valence-electron chi connectivity index (χ3n) is 3.50. The number of carbonyl (C=O) groups is 1. The number of nitrogens with one attached hydrogen (secondary N) is 2. The Hall–Kier alpha value is -3.22. The predicted molar refractivity (Wildman–Crippen MR) is 91.0 cm³/mol. The number of carbonyl (C=O) groups excluding carboxylic acids is 1. The molecule has 3 rings (SSSR count). The maximum atomic E-state index is 12.3. The highest BCUT2D eigenvalue weighted by Crippen LogP contribution is 2.10. The van der Waals surface area contributed by atoms with E-state index in [-0.39, 0.29) is 5.91 Å². The van der Waals surface area contributed by atoms with Gasteiger partial charge in [0.2, 0.25) is 5.95 Å². The molecule has 122 valence electrons. The van der Waals surface area contributed by atoms with Crippen LogP contribution < -0.4 is 10.6 Å². The molecule has 7 nitrogen and oxygen atoms in total. The van der Waals surface area contributed by atoms with Crippen LogP contribution in [-0.2, 0) is 6.54 Å². The summed E-state index contributed by atoms with van der Waals surface area (Å²) < 4.78 is 1.92. The van der Waals surface area contributed by atoms with Crippen molar-refractivity contribution in [2.75, 3.05) is 12.4 Å². The molecular weight excluding hydrogens is 304 g/mol. The Kier molecular flexibility index (Phi) is 4.51. The molecule has 3 aromatic rings. The highest BCUT2D eigenvalue weighted by atomic mass is 16.1. The average Bonchev–Trinajstić information content (AvgIpc) is 3.14. The molecule has 0 saturated carbocycles. The van der Waals surface area contributed by atoms with Crippen LogP contribution >= 0.6 is 0 Å². The minimum atomic E-state index is -0.226. The van der Waals surface area contributed by atoms with Gasteiger partial charge in [-0.3, -0.25) is 4.79 Å². The SMILES string of the molecule is CNc1nc(C)cc(C(=O)NCc2ccc(-n3ccnc3)cc2)n1. The van der Waals surface area contributed by atoms with Gasteiger partial charge in [0.25, 0.3) is 5.91 Å². The van der Waals surface area contributed by atoms with Crippen LogP contribution in [0.25, 0.3) is 5.69 Å². The molecule has 0 aliphatic rings. The summed E-state index contributed by atoms with van der Waals surface area (Å²) in [5, 5.41) is 5.72. The first-order valence-corrected chi connectivity index (χ1v) is 7.54. The minimum Gasteiger partial charge on any atom is -0.357 e. The van der Waals surface area contributed by atoms with Gasteiger partial charge in [0.05, 0.1) is 6.33 Å². The second-order valence-electron chi connectivity index (χ2n) is 5.29. The van der Waals surface area contributed by atoms with Gasteiger partial charge in [-0.05, 0) is 30.7 Å². The number of aromatic nitrogens is 4. The van der Waals surface area contributed by atoms with Crippen molar-refractivity contribution < 1.29 is 4.79 Å². The van der Waals surface area contributed by atoms with E-state index in [0.29, 0.717) is 18.2 Å². The van der Waals surface area contributed by atoms with Crippen molar-refractivity contribution in [1.82, 2.24) is 24.8 Å². The number of rotatable bonds is 5. The quantitative estimate of drug-likeness (QED) is 0.750. The van der Waals surface area contributed by atoms with Crippen LogP contribution in [0.1, 0.15) is 21.7 Å². The summed E-state index contributed by atoms with van der Waals surface area (Å²) in [4.78, 5) is 24.6. The molecule has 7 heteroatoms. The molecule has 1 amide bonds. The first kappa shape index (κ1) is 15.7. The minimum absolute atomic E-state index is 0.226. The zero-order valence-corrected chi connectivity index (χ0v) is 13.5. The Morgan fingerprint density at radius 2 is 2.00 bits per heavy atom. The molecule has 2 N–H and O–H groups in total. The van der Waals surface area contributed by atoms with Crippen LogP contribution in [0.4, 0.5) is 5.95 Å². The highest BCUT2D eigenvalue weighted by Gasteiger charge is 2.10. The summed E-state index contributed by atoms with van der Waals surface area (Å²) in [5.74, 6) is 0.209. The summed E-state index contributed by atoms with van der Waals surface area (Å²) in [6.45, 7) is 2.26. The van der Waals surface area contributed by atoms with Gasteiger partial charge in [-0.25, -0.2) is 15.0 Å². The van der Waals surface area contributed by atoms with Crippen LogP contribution in [0.2, 0.25) is 0 Å². The smallest absolute Gasteiger partial charge is 0.270 e. The van der Waals surface area contributed by atoms with Gasteiger partial charge < -0.3 is 15.2 Å². The molecule has 0 bridgehead atoms. The molecule has 0 fully saturated rings. The van der Waals surface area contributed by atoms with E-state index in [1.54, 1.807) is 25.6 Å². The zero-order chi connectivity index (χ0) is 16.9. The Bertz CT molecular complexity index is 827. The largest absolute Gasteiger partial charge is 0.357 e. The number of anilines is 1. The number of amides is 1. The number of benzene rings is 1. The number of aryl methyl sites for hydroxylation is 1. The van der Waals surface area contributed by atoms with Crippen LogP contribution in [0.5, 0.6) is 0 Å². The third kappa shape index (κ3) is 3.57. The molecule has 0 aliphatic carbocycles. The van der Waals surface area contributed by atoms with Crippen LogP contribution in [0.15, 0.2) is 49.1 Å². The number of nitrogens with zero attached hydrogens (tertiary/aromatic N) is 4. The Morgan fingerprint density at radius 3 is 2.67 bits per heavy atom. The molecule has 0 aliphatic heterocycles. The maximum Gasteiger partial charge on any atom is 0.270 e. The van der Waals surface area contributed by atoms with Crippen molar-refractivity contribution in [3.8, 4) is 5.69 Å². The normalized spacial score (nSPS) is 10.4. The summed E-state index contributed by atoms with van der Waals surface area (Å²) in [7, 11) is 1.72. The van der Waals surface area contributed by atoms with E-state index < -0.39 is 0 Å². The van der Waals surface area contributed by atoms with E-state index in [4.69, 9.17) is 0 Å². The Morgan fingerprint density at radius 1 is 1.21 bits per heavy atom. The standard InChI is InChI=1S/C17H18N6O/c1-12-9-15(22-17(18-2)21-12)16(24)20-10-13-3-5-14(6-4-13)23-8-7-19-11-23/h3-9,11H,10H2,1-2H3,(H,20,24)(H,18,21,22). The van der Waals surface area contributed by atoms with Gasteiger partial charge in [-0.1, -0.05) is 12.1 Å².